The molecule has 1 aromatic heterocycles. The van der Waals surface area contributed by atoms with E-state index in [4.69, 9.17) is 9.84 Å². The van der Waals surface area contributed by atoms with E-state index < -0.39 is 0 Å². The Hall–Kier alpha value is -1.81. The Labute approximate surface area is 94.1 Å². The highest BCUT2D eigenvalue weighted by Gasteiger charge is 2.03. The summed E-state index contributed by atoms with van der Waals surface area (Å²) in [7, 11) is 1.65. The second-order valence-corrected chi connectivity index (χ2v) is 3.56. The molecule has 16 heavy (non-hydrogen) atoms. The van der Waals surface area contributed by atoms with Crippen LogP contribution < -0.4 is 4.74 Å². The van der Waals surface area contributed by atoms with Gasteiger partial charge in [-0.1, -0.05) is 0 Å². The summed E-state index contributed by atoms with van der Waals surface area (Å²) < 4.78 is 6.93. The first-order valence-corrected chi connectivity index (χ1v) is 5.05. The average molecular weight is 218 g/mol. The molecule has 4 heteroatoms. The summed E-state index contributed by atoms with van der Waals surface area (Å²) in [6.07, 6.45) is 1.83. The lowest BCUT2D eigenvalue weighted by atomic mass is 10.2. The highest BCUT2D eigenvalue weighted by atomic mass is 16.5. The van der Waals surface area contributed by atoms with Crippen LogP contribution in [0.25, 0.3) is 5.69 Å². The van der Waals surface area contributed by atoms with Crippen LogP contribution in [0.4, 0.5) is 0 Å². The Bertz CT molecular complexity index is 492. The highest BCUT2D eigenvalue weighted by molar-refractivity contribution is 5.43. The summed E-state index contributed by atoms with van der Waals surface area (Å²) in [6.45, 7) is 1.95. The number of aryl methyl sites for hydroxylation is 1. The molecular weight excluding hydrogens is 204 g/mol. The molecule has 1 N–H and O–H groups in total. The van der Waals surface area contributed by atoms with E-state index in [1.807, 2.05) is 31.3 Å². The van der Waals surface area contributed by atoms with Crippen LogP contribution in [0.5, 0.6) is 5.75 Å². The molecule has 0 saturated carbocycles. The minimum atomic E-state index is -0.0395. The van der Waals surface area contributed by atoms with Crippen LogP contribution in [0.15, 0.2) is 30.5 Å². The van der Waals surface area contributed by atoms with Gasteiger partial charge in [-0.15, -0.1) is 0 Å². The van der Waals surface area contributed by atoms with Crippen molar-refractivity contribution < 1.29 is 9.84 Å². The molecule has 1 heterocycles. The lowest BCUT2D eigenvalue weighted by Gasteiger charge is -2.07. The van der Waals surface area contributed by atoms with Gasteiger partial charge in [0.2, 0.25) is 0 Å². The van der Waals surface area contributed by atoms with E-state index in [0.717, 1.165) is 17.0 Å². The fourth-order valence-electron chi connectivity index (χ4n) is 1.59. The molecule has 2 aromatic rings. The first kappa shape index (κ1) is 10.7. The van der Waals surface area contributed by atoms with E-state index in [1.165, 1.54) is 0 Å². The average Bonchev–Trinajstić information content (AvgIpc) is 2.77. The van der Waals surface area contributed by atoms with Gasteiger partial charge in [-0.05, 0) is 36.8 Å². The summed E-state index contributed by atoms with van der Waals surface area (Å²) in [6, 6.07) is 7.62. The van der Waals surface area contributed by atoms with Crippen LogP contribution >= 0.6 is 0 Å². The third-order valence-corrected chi connectivity index (χ3v) is 2.45. The predicted molar refractivity (Wildman–Crippen MR) is 60.8 cm³/mol. The Morgan fingerprint density at radius 1 is 1.38 bits per heavy atom. The van der Waals surface area contributed by atoms with Crippen molar-refractivity contribution >= 4 is 0 Å². The molecule has 84 valence electrons. The molecule has 2 rings (SSSR count). The summed E-state index contributed by atoms with van der Waals surface area (Å²) in [4.78, 5) is 0. The van der Waals surface area contributed by atoms with E-state index in [9.17, 15) is 0 Å². The van der Waals surface area contributed by atoms with Gasteiger partial charge in [-0.2, -0.15) is 5.10 Å². The molecule has 0 atom stereocenters. The van der Waals surface area contributed by atoms with Crippen LogP contribution in [0.1, 0.15) is 11.3 Å². The molecule has 0 unspecified atom stereocenters. The quantitative estimate of drug-likeness (QED) is 0.852. The number of nitrogens with zero attached hydrogens (tertiary/aromatic N) is 2. The molecular formula is C12H14N2O2. The van der Waals surface area contributed by atoms with Gasteiger partial charge in [0.25, 0.3) is 0 Å². The van der Waals surface area contributed by atoms with Crippen molar-refractivity contribution in [3.05, 3.63) is 41.7 Å². The van der Waals surface area contributed by atoms with E-state index >= 15 is 0 Å². The number of aromatic nitrogens is 2. The number of methoxy groups -OCH3 is 1. The summed E-state index contributed by atoms with van der Waals surface area (Å²) in [5.41, 5.74) is 2.67. The van der Waals surface area contributed by atoms with Crippen LogP contribution in [0.2, 0.25) is 0 Å². The molecule has 0 saturated heterocycles. The molecule has 0 aliphatic rings. The Balaban J connectivity index is 2.37. The molecule has 0 aliphatic carbocycles. The molecule has 0 amide bonds. The van der Waals surface area contributed by atoms with Gasteiger partial charge in [0.1, 0.15) is 5.75 Å². The standard InChI is InChI=1S/C12H14N2O2/c1-9-7-11(3-4-12(9)16-2)14-6-5-10(8-15)13-14/h3-7,15H,8H2,1-2H3. The summed E-state index contributed by atoms with van der Waals surface area (Å²) in [5, 5.41) is 13.2. The topological polar surface area (TPSA) is 47.3 Å². The van der Waals surface area contributed by atoms with Crippen LogP contribution in [0, 0.1) is 6.92 Å². The van der Waals surface area contributed by atoms with Crippen molar-refractivity contribution in [2.45, 2.75) is 13.5 Å². The second kappa shape index (κ2) is 4.37. The maximum absolute atomic E-state index is 8.94. The van der Waals surface area contributed by atoms with Gasteiger partial charge in [0.15, 0.2) is 0 Å². The van der Waals surface area contributed by atoms with Crippen molar-refractivity contribution in [1.29, 1.82) is 0 Å². The van der Waals surface area contributed by atoms with E-state index in [1.54, 1.807) is 17.9 Å². The smallest absolute Gasteiger partial charge is 0.121 e. The minimum Gasteiger partial charge on any atom is -0.496 e. The lowest BCUT2D eigenvalue weighted by molar-refractivity contribution is 0.276. The molecule has 0 bridgehead atoms. The molecule has 0 aliphatic heterocycles. The zero-order chi connectivity index (χ0) is 11.5. The Kier molecular flexibility index (Phi) is 2.92. The van der Waals surface area contributed by atoms with Crippen molar-refractivity contribution in [3.8, 4) is 11.4 Å². The lowest BCUT2D eigenvalue weighted by Crippen LogP contribution is -1.97. The third-order valence-electron chi connectivity index (χ3n) is 2.45. The number of rotatable bonds is 3. The molecule has 0 radical (unpaired) electrons. The van der Waals surface area contributed by atoms with Gasteiger partial charge in [-0.3, -0.25) is 0 Å². The normalized spacial score (nSPS) is 10.4. The minimum absolute atomic E-state index is 0.0395. The van der Waals surface area contributed by atoms with Gasteiger partial charge < -0.3 is 9.84 Å². The number of aliphatic hydroxyl groups is 1. The van der Waals surface area contributed by atoms with Gasteiger partial charge in [0, 0.05) is 6.20 Å². The monoisotopic (exact) mass is 218 g/mol. The SMILES string of the molecule is COc1ccc(-n2ccc(CO)n2)cc1C. The first-order valence-electron chi connectivity index (χ1n) is 5.05. The maximum Gasteiger partial charge on any atom is 0.121 e. The van der Waals surface area contributed by atoms with E-state index in [2.05, 4.69) is 5.10 Å². The summed E-state index contributed by atoms with van der Waals surface area (Å²) in [5.74, 6) is 0.860. The van der Waals surface area contributed by atoms with Gasteiger partial charge in [-0.25, -0.2) is 4.68 Å². The predicted octanol–water partition coefficient (Wildman–Crippen LogP) is 1.68. The zero-order valence-electron chi connectivity index (χ0n) is 9.34. The van der Waals surface area contributed by atoms with Crippen molar-refractivity contribution in [2.24, 2.45) is 0 Å². The fraction of sp³-hybridized carbons (Fsp3) is 0.250. The van der Waals surface area contributed by atoms with Gasteiger partial charge in [0.05, 0.1) is 25.1 Å². The molecule has 0 spiro atoms. The van der Waals surface area contributed by atoms with Crippen molar-refractivity contribution in [1.82, 2.24) is 9.78 Å². The zero-order valence-corrected chi connectivity index (χ0v) is 9.34. The van der Waals surface area contributed by atoms with E-state index in [-0.39, 0.29) is 6.61 Å². The molecule has 1 aromatic carbocycles. The number of benzene rings is 1. The number of ether oxygens (including phenoxy) is 1. The number of aliphatic hydroxyl groups excluding tert-OH is 1. The fourth-order valence-corrected chi connectivity index (χ4v) is 1.59. The third kappa shape index (κ3) is 1.92. The van der Waals surface area contributed by atoms with Crippen molar-refractivity contribution in [3.63, 3.8) is 0 Å². The Morgan fingerprint density at radius 2 is 2.19 bits per heavy atom. The van der Waals surface area contributed by atoms with Crippen LogP contribution in [0.3, 0.4) is 0 Å². The largest absolute Gasteiger partial charge is 0.496 e. The molecule has 0 fully saturated rings. The van der Waals surface area contributed by atoms with Crippen molar-refractivity contribution in [2.75, 3.05) is 7.11 Å². The molecule has 4 nitrogen and oxygen atoms in total. The number of hydrogen-bond acceptors (Lipinski definition) is 3. The van der Waals surface area contributed by atoms with E-state index in [0.29, 0.717) is 5.69 Å². The second-order valence-electron chi connectivity index (χ2n) is 3.56. The van der Waals surface area contributed by atoms with Gasteiger partial charge >= 0.3 is 0 Å². The highest BCUT2D eigenvalue weighted by Crippen LogP contribution is 2.20. The first-order chi connectivity index (χ1) is 7.74. The summed E-state index contributed by atoms with van der Waals surface area (Å²) >= 11 is 0. The van der Waals surface area contributed by atoms with Crippen LogP contribution in [-0.2, 0) is 6.61 Å². The maximum atomic E-state index is 8.94. The number of hydrogen-bond donors (Lipinski definition) is 1. The Morgan fingerprint density at radius 3 is 2.75 bits per heavy atom. The van der Waals surface area contributed by atoms with Crippen LogP contribution in [-0.4, -0.2) is 22.0 Å².